The first-order valence-electron chi connectivity index (χ1n) is 10.7. The first-order chi connectivity index (χ1) is 16.6. The molecular weight excluding hydrogens is 472 g/mol. The number of imidazole rings is 1. The third kappa shape index (κ3) is 5.06. The van der Waals surface area contributed by atoms with Crippen molar-refractivity contribution in [1.29, 1.82) is 0 Å². The molecule has 2 N–H and O–H groups in total. The number of H-pyrrole nitrogens is 1. The molecule has 0 spiro atoms. The summed E-state index contributed by atoms with van der Waals surface area (Å²) in [4.78, 5) is 34.4. The first kappa shape index (κ1) is 24.5. The molecule has 0 radical (unpaired) electrons. The maximum absolute atomic E-state index is 14.1. The highest BCUT2D eigenvalue weighted by Gasteiger charge is 2.43. The van der Waals surface area contributed by atoms with Gasteiger partial charge in [0.05, 0.1) is 29.7 Å². The van der Waals surface area contributed by atoms with Crippen LogP contribution in [0.1, 0.15) is 35.1 Å². The molecule has 35 heavy (non-hydrogen) atoms. The van der Waals surface area contributed by atoms with Gasteiger partial charge in [0.1, 0.15) is 5.82 Å². The van der Waals surface area contributed by atoms with Crippen molar-refractivity contribution in [2.24, 2.45) is 0 Å². The zero-order valence-corrected chi connectivity index (χ0v) is 18.8. The summed E-state index contributed by atoms with van der Waals surface area (Å²) in [6.45, 7) is 0.606. The average molecular weight is 494 g/mol. The van der Waals surface area contributed by atoms with E-state index in [1.807, 2.05) is 31.3 Å². The van der Waals surface area contributed by atoms with E-state index in [1.165, 1.54) is 0 Å². The van der Waals surface area contributed by atoms with Crippen LogP contribution in [0.4, 0.5) is 17.6 Å². The maximum Gasteiger partial charge on any atom is 0.491 e. The molecule has 1 aliphatic rings. The second-order valence-electron chi connectivity index (χ2n) is 8.17. The molecule has 2 atom stereocenters. The number of halogens is 4. The molecule has 2 heterocycles. The van der Waals surface area contributed by atoms with Crippen LogP contribution >= 0.6 is 0 Å². The Balaban J connectivity index is 1.56. The molecule has 0 aliphatic carbocycles. The van der Waals surface area contributed by atoms with Crippen molar-refractivity contribution in [3.05, 3.63) is 53.6 Å². The summed E-state index contributed by atoms with van der Waals surface area (Å²) in [5.74, 6) is -5.51. The van der Waals surface area contributed by atoms with E-state index in [0.29, 0.717) is 19.4 Å². The third-order valence-electron chi connectivity index (χ3n) is 5.87. The predicted molar refractivity (Wildman–Crippen MR) is 117 cm³/mol. The average Bonchev–Trinajstić information content (AvgIpc) is 3.24. The summed E-state index contributed by atoms with van der Waals surface area (Å²) in [7, 11) is 2.91. The maximum atomic E-state index is 14.1. The number of alkyl halides is 3. The number of nitrogens with one attached hydrogen (secondary N) is 2. The zero-order chi connectivity index (χ0) is 25.3. The Kier molecular flexibility index (Phi) is 6.66. The number of hydrogen-bond donors (Lipinski definition) is 2. The van der Waals surface area contributed by atoms with Crippen LogP contribution < -0.4 is 14.8 Å². The summed E-state index contributed by atoms with van der Waals surface area (Å²) in [5, 5.41) is 2.75. The van der Waals surface area contributed by atoms with E-state index in [2.05, 4.69) is 24.9 Å². The molecule has 12 heteroatoms. The number of esters is 1. The highest BCUT2D eigenvalue weighted by molar-refractivity contribution is 5.99. The fourth-order valence-electron chi connectivity index (χ4n) is 4.09. The normalized spacial score (nSPS) is 18.9. The number of aromatic amines is 1. The lowest BCUT2D eigenvalue weighted by atomic mass is 9.96. The summed E-state index contributed by atoms with van der Waals surface area (Å²) in [6, 6.07) is 8.80. The minimum Gasteiger partial charge on any atom is -0.490 e. The number of nitrogens with zero attached hydrogens (tertiary/aromatic N) is 2. The van der Waals surface area contributed by atoms with Crippen molar-refractivity contribution in [1.82, 2.24) is 20.2 Å². The van der Waals surface area contributed by atoms with Gasteiger partial charge in [-0.1, -0.05) is 12.1 Å². The van der Waals surface area contributed by atoms with Gasteiger partial charge < -0.3 is 19.8 Å². The van der Waals surface area contributed by atoms with Crippen molar-refractivity contribution in [2.45, 2.75) is 31.1 Å². The number of likely N-dealkylation sites (tertiary alicyclic amines) is 1. The lowest BCUT2D eigenvalue weighted by Crippen LogP contribution is -2.45. The summed E-state index contributed by atoms with van der Waals surface area (Å²) >= 11 is 0. The number of hydrogen-bond acceptors (Lipinski definition) is 6. The van der Waals surface area contributed by atoms with Crippen molar-refractivity contribution in [3.8, 4) is 11.5 Å². The number of para-hydroxylation sites is 2. The Morgan fingerprint density at radius 3 is 2.60 bits per heavy atom. The molecule has 1 fully saturated rings. The molecule has 0 unspecified atom stereocenters. The number of carbonyl (C=O) groups is 2. The van der Waals surface area contributed by atoms with Crippen LogP contribution in [0.5, 0.6) is 11.5 Å². The molecule has 0 bridgehead atoms. The smallest absolute Gasteiger partial charge is 0.490 e. The number of carbonyl (C=O) groups excluding carboxylic acids is 2. The first-order valence-corrected chi connectivity index (χ1v) is 10.7. The fourth-order valence-corrected chi connectivity index (χ4v) is 4.09. The van der Waals surface area contributed by atoms with Crippen LogP contribution in [0.25, 0.3) is 11.0 Å². The van der Waals surface area contributed by atoms with E-state index in [9.17, 15) is 27.2 Å². The number of benzene rings is 2. The van der Waals surface area contributed by atoms with Crippen molar-refractivity contribution < 1.29 is 36.6 Å². The van der Waals surface area contributed by atoms with Crippen molar-refractivity contribution in [2.75, 3.05) is 20.7 Å². The minimum absolute atomic E-state index is 0.160. The Hall–Kier alpha value is -3.67. The van der Waals surface area contributed by atoms with Gasteiger partial charge in [0, 0.05) is 12.6 Å². The molecule has 8 nitrogen and oxygen atoms in total. The van der Waals surface area contributed by atoms with Crippen LogP contribution in [0.2, 0.25) is 0 Å². The Labute approximate surface area is 197 Å². The standard InChI is InChI=1S/C23H22F4N4O4/c1-31-10-9-12(11-17(31)20-29-15-5-3-4-6-16(15)30-20)28-21(32)13-7-8-14(24)19(34-2)18(13)35-22(33)23(25,26)27/h3-8,12,17H,9-11H2,1-2H3,(H,28,32)(H,29,30)/t12-,17-/m1/s1. The van der Waals surface area contributed by atoms with Gasteiger partial charge >= 0.3 is 12.1 Å². The van der Waals surface area contributed by atoms with Gasteiger partial charge in [0.15, 0.2) is 17.3 Å². The molecule has 186 valence electrons. The SMILES string of the molecule is COc1c(F)ccc(C(=O)N[C@@H]2CCN(C)[C@@H](c3nc4ccccc4[nH]3)C2)c1OC(=O)C(F)(F)F. The van der Waals surface area contributed by atoms with Gasteiger partial charge in [-0.3, -0.25) is 9.69 Å². The van der Waals surface area contributed by atoms with E-state index >= 15 is 0 Å². The van der Waals surface area contributed by atoms with E-state index in [0.717, 1.165) is 36.1 Å². The fraction of sp³-hybridized carbons (Fsp3) is 0.348. The largest absolute Gasteiger partial charge is 0.491 e. The molecule has 3 aromatic rings. The molecular formula is C23H22F4N4O4. The minimum atomic E-state index is -5.35. The molecule has 0 saturated carbocycles. The molecule has 2 aromatic carbocycles. The second-order valence-corrected chi connectivity index (χ2v) is 8.17. The summed E-state index contributed by atoms with van der Waals surface area (Å²) in [6.07, 6.45) is -4.34. The summed E-state index contributed by atoms with van der Waals surface area (Å²) < 4.78 is 61.6. The summed E-state index contributed by atoms with van der Waals surface area (Å²) in [5.41, 5.74) is 1.22. The van der Waals surface area contributed by atoms with Gasteiger partial charge in [-0.15, -0.1) is 0 Å². The highest BCUT2D eigenvalue weighted by atomic mass is 19.4. The van der Waals surface area contributed by atoms with Crippen LogP contribution in [-0.2, 0) is 4.79 Å². The van der Waals surface area contributed by atoms with Crippen molar-refractivity contribution >= 4 is 22.9 Å². The highest BCUT2D eigenvalue weighted by Crippen LogP contribution is 2.36. The quantitative estimate of drug-likeness (QED) is 0.319. The topological polar surface area (TPSA) is 96.6 Å². The van der Waals surface area contributed by atoms with Gasteiger partial charge in [-0.05, 0) is 44.2 Å². The lowest BCUT2D eigenvalue weighted by Gasteiger charge is -2.36. The van der Waals surface area contributed by atoms with Gasteiger partial charge in [-0.2, -0.15) is 13.2 Å². The number of rotatable bonds is 5. The second kappa shape index (κ2) is 9.53. The van der Waals surface area contributed by atoms with E-state index in [1.54, 1.807) is 0 Å². The number of ether oxygens (including phenoxy) is 2. The molecule has 1 aliphatic heterocycles. The number of fused-ring (bicyclic) bond motifs is 1. The molecule has 1 amide bonds. The number of amides is 1. The Morgan fingerprint density at radius 1 is 1.17 bits per heavy atom. The Bertz CT molecular complexity index is 1230. The van der Waals surface area contributed by atoms with E-state index in [-0.39, 0.29) is 12.1 Å². The van der Waals surface area contributed by atoms with Crippen molar-refractivity contribution in [3.63, 3.8) is 0 Å². The molecule has 4 rings (SSSR count). The van der Waals surface area contributed by atoms with Crippen LogP contribution in [0.15, 0.2) is 36.4 Å². The molecule has 1 aromatic heterocycles. The lowest BCUT2D eigenvalue weighted by molar-refractivity contribution is -0.189. The van der Waals surface area contributed by atoms with E-state index in [4.69, 9.17) is 4.74 Å². The van der Waals surface area contributed by atoms with Gasteiger partial charge in [0.2, 0.25) is 0 Å². The zero-order valence-electron chi connectivity index (χ0n) is 18.8. The van der Waals surface area contributed by atoms with Crippen LogP contribution in [-0.4, -0.2) is 59.7 Å². The van der Waals surface area contributed by atoms with Crippen LogP contribution in [0.3, 0.4) is 0 Å². The monoisotopic (exact) mass is 494 g/mol. The third-order valence-corrected chi connectivity index (χ3v) is 5.87. The van der Waals surface area contributed by atoms with Crippen LogP contribution in [0, 0.1) is 5.82 Å². The number of piperidine rings is 1. The predicted octanol–water partition coefficient (Wildman–Crippen LogP) is 3.74. The van der Waals surface area contributed by atoms with E-state index < -0.39 is 40.9 Å². The Morgan fingerprint density at radius 2 is 1.91 bits per heavy atom. The number of methoxy groups -OCH3 is 1. The molecule has 1 saturated heterocycles. The van der Waals surface area contributed by atoms with Gasteiger partial charge in [-0.25, -0.2) is 14.2 Å². The van der Waals surface area contributed by atoms with Gasteiger partial charge in [0.25, 0.3) is 5.91 Å². The number of aromatic nitrogens is 2.